The monoisotopic (exact) mass is 384 g/mol. The van der Waals surface area contributed by atoms with Gasteiger partial charge in [0.25, 0.3) is 5.91 Å². The van der Waals surface area contributed by atoms with Gasteiger partial charge in [0.15, 0.2) is 0 Å². The molecule has 1 heterocycles. The maximum Gasteiger partial charge on any atom is 0.261 e. The van der Waals surface area contributed by atoms with E-state index < -0.39 is 0 Å². The van der Waals surface area contributed by atoms with E-state index in [1.807, 2.05) is 17.5 Å². The summed E-state index contributed by atoms with van der Waals surface area (Å²) in [5, 5.41) is 5.86. The molecule has 0 radical (unpaired) electrons. The van der Waals surface area contributed by atoms with Gasteiger partial charge in [-0.2, -0.15) is 0 Å². The van der Waals surface area contributed by atoms with Gasteiger partial charge in [0, 0.05) is 36.6 Å². The lowest BCUT2D eigenvalue weighted by molar-refractivity contribution is -0.128. The Morgan fingerprint density at radius 2 is 2.00 bits per heavy atom. The van der Waals surface area contributed by atoms with Crippen LogP contribution < -0.4 is 5.32 Å². The third kappa shape index (κ3) is 5.51. The first-order valence-electron chi connectivity index (χ1n) is 7.48. The van der Waals surface area contributed by atoms with E-state index in [-0.39, 0.29) is 11.8 Å². The Balaban J connectivity index is 1.83. The Morgan fingerprint density at radius 3 is 2.62 bits per heavy atom. The van der Waals surface area contributed by atoms with Crippen molar-refractivity contribution < 1.29 is 9.59 Å². The van der Waals surface area contributed by atoms with Crippen molar-refractivity contribution in [3.8, 4) is 0 Å². The molecule has 4 nitrogen and oxygen atoms in total. The molecule has 1 aromatic carbocycles. The van der Waals surface area contributed by atoms with Crippen LogP contribution in [0.1, 0.15) is 22.2 Å². The summed E-state index contributed by atoms with van der Waals surface area (Å²) in [4.78, 5) is 26.0. The molecule has 7 heteroatoms. The van der Waals surface area contributed by atoms with Crippen LogP contribution in [0.5, 0.6) is 0 Å². The van der Waals surface area contributed by atoms with Crippen molar-refractivity contribution in [2.75, 3.05) is 19.6 Å². The van der Waals surface area contributed by atoms with Gasteiger partial charge in [-0.15, -0.1) is 11.3 Å². The van der Waals surface area contributed by atoms with Gasteiger partial charge >= 0.3 is 0 Å². The number of halogens is 2. The van der Waals surface area contributed by atoms with Crippen molar-refractivity contribution in [3.63, 3.8) is 0 Å². The van der Waals surface area contributed by atoms with Gasteiger partial charge in [-0.05, 0) is 35.6 Å². The number of nitrogens with one attached hydrogen (secondary N) is 1. The lowest BCUT2D eigenvalue weighted by Crippen LogP contribution is -2.38. The Morgan fingerprint density at radius 1 is 1.21 bits per heavy atom. The second-order valence-electron chi connectivity index (χ2n) is 5.22. The number of thiophene rings is 1. The third-order valence-electron chi connectivity index (χ3n) is 3.52. The number of rotatable bonds is 7. The highest BCUT2D eigenvalue weighted by molar-refractivity contribution is 7.12. The van der Waals surface area contributed by atoms with Gasteiger partial charge in [0.1, 0.15) is 0 Å². The third-order valence-corrected chi connectivity index (χ3v) is 4.98. The van der Waals surface area contributed by atoms with E-state index in [0.717, 1.165) is 5.56 Å². The molecular formula is C17H18Cl2N2O2S. The number of nitrogens with zero attached hydrogens (tertiary/aromatic N) is 1. The number of hydrogen-bond donors (Lipinski definition) is 1. The zero-order chi connectivity index (χ0) is 17.5. The standard InChI is InChI=1S/C17H18Cl2N2O2S/c1-12(22)21(8-6-13-4-5-14(18)11-15(13)19)9-7-20-17(23)16-3-2-10-24-16/h2-5,10-11H,6-9H2,1H3,(H,20,23). The van der Waals surface area contributed by atoms with Crippen LogP contribution in [0.15, 0.2) is 35.7 Å². The number of amides is 2. The highest BCUT2D eigenvalue weighted by atomic mass is 35.5. The molecule has 0 aliphatic carbocycles. The van der Waals surface area contributed by atoms with Crippen molar-refractivity contribution in [2.45, 2.75) is 13.3 Å². The van der Waals surface area contributed by atoms with Crippen LogP contribution in [-0.4, -0.2) is 36.3 Å². The van der Waals surface area contributed by atoms with Crippen molar-refractivity contribution in [2.24, 2.45) is 0 Å². The Bertz CT molecular complexity index is 705. The smallest absolute Gasteiger partial charge is 0.261 e. The summed E-state index contributed by atoms with van der Waals surface area (Å²) in [6, 6.07) is 8.93. The average Bonchev–Trinajstić information content (AvgIpc) is 3.06. The van der Waals surface area contributed by atoms with Gasteiger partial charge in [-0.3, -0.25) is 9.59 Å². The maximum absolute atomic E-state index is 11.9. The molecule has 0 aliphatic heterocycles. The molecule has 0 saturated heterocycles. The highest BCUT2D eigenvalue weighted by Gasteiger charge is 2.11. The Hall–Kier alpha value is -1.56. The van der Waals surface area contributed by atoms with Crippen LogP contribution in [0, 0.1) is 0 Å². The number of carbonyl (C=O) groups is 2. The molecule has 24 heavy (non-hydrogen) atoms. The van der Waals surface area contributed by atoms with E-state index >= 15 is 0 Å². The molecular weight excluding hydrogens is 367 g/mol. The van der Waals surface area contributed by atoms with Crippen molar-refractivity contribution in [3.05, 3.63) is 56.2 Å². The van der Waals surface area contributed by atoms with Gasteiger partial charge in [0.05, 0.1) is 4.88 Å². The van der Waals surface area contributed by atoms with Gasteiger partial charge in [-0.25, -0.2) is 0 Å². The number of hydrogen-bond acceptors (Lipinski definition) is 3. The van der Waals surface area contributed by atoms with Crippen LogP contribution in [0.25, 0.3) is 0 Å². The second-order valence-corrected chi connectivity index (χ2v) is 7.02. The average molecular weight is 385 g/mol. The van der Waals surface area contributed by atoms with Crippen LogP contribution in [0.4, 0.5) is 0 Å². The SMILES string of the molecule is CC(=O)N(CCNC(=O)c1cccs1)CCc1ccc(Cl)cc1Cl. The lowest BCUT2D eigenvalue weighted by atomic mass is 10.1. The van der Waals surface area contributed by atoms with Crippen LogP contribution >= 0.6 is 34.5 Å². The Kier molecular flexibility index (Phi) is 7.09. The fourth-order valence-electron chi connectivity index (χ4n) is 2.21. The molecule has 2 amide bonds. The normalized spacial score (nSPS) is 10.5. The summed E-state index contributed by atoms with van der Waals surface area (Å²) in [5.74, 6) is -0.153. The first kappa shape index (κ1) is 18.8. The molecule has 1 aromatic heterocycles. The molecule has 0 saturated carbocycles. The summed E-state index contributed by atoms with van der Waals surface area (Å²) < 4.78 is 0. The number of carbonyl (C=O) groups excluding carboxylic acids is 2. The first-order chi connectivity index (χ1) is 11.5. The van der Waals surface area contributed by atoms with Crippen molar-refractivity contribution in [1.82, 2.24) is 10.2 Å². The van der Waals surface area contributed by atoms with E-state index in [1.54, 1.807) is 23.1 Å². The second kappa shape index (κ2) is 9.06. The first-order valence-corrected chi connectivity index (χ1v) is 9.12. The van der Waals surface area contributed by atoms with Gasteiger partial charge in [0.2, 0.25) is 5.91 Å². The molecule has 1 N–H and O–H groups in total. The van der Waals surface area contributed by atoms with Crippen molar-refractivity contribution in [1.29, 1.82) is 0 Å². The van der Waals surface area contributed by atoms with Gasteiger partial charge < -0.3 is 10.2 Å². The molecule has 0 bridgehead atoms. The van der Waals surface area contributed by atoms with Crippen LogP contribution in [0.2, 0.25) is 10.0 Å². The van der Waals surface area contributed by atoms with E-state index in [0.29, 0.717) is 41.0 Å². The minimum Gasteiger partial charge on any atom is -0.350 e. The largest absolute Gasteiger partial charge is 0.350 e. The highest BCUT2D eigenvalue weighted by Crippen LogP contribution is 2.21. The predicted octanol–water partition coefficient (Wildman–Crippen LogP) is 3.88. The fourth-order valence-corrected chi connectivity index (χ4v) is 3.35. The van der Waals surface area contributed by atoms with Gasteiger partial charge in [-0.1, -0.05) is 35.3 Å². The Labute approximate surface area is 155 Å². The minimum absolute atomic E-state index is 0.0366. The quantitative estimate of drug-likeness (QED) is 0.787. The molecule has 0 aliphatic rings. The zero-order valence-electron chi connectivity index (χ0n) is 13.2. The van der Waals surface area contributed by atoms with Crippen LogP contribution in [0.3, 0.4) is 0 Å². The zero-order valence-corrected chi connectivity index (χ0v) is 15.5. The molecule has 0 unspecified atom stereocenters. The van der Waals surface area contributed by atoms with E-state index in [4.69, 9.17) is 23.2 Å². The lowest BCUT2D eigenvalue weighted by Gasteiger charge is -2.21. The van der Waals surface area contributed by atoms with Crippen molar-refractivity contribution >= 4 is 46.4 Å². The summed E-state index contributed by atoms with van der Waals surface area (Å²) in [6.07, 6.45) is 0.633. The fraction of sp³-hybridized carbons (Fsp3) is 0.294. The predicted molar refractivity (Wildman–Crippen MR) is 99.1 cm³/mol. The van der Waals surface area contributed by atoms with Crippen LogP contribution in [-0.2, 0) is 11.2 Å². The molecule has 128 valence electrons. The summed E-state index contributed by atoms with van der Waals surface area (Å²) in [7, 11) is 0. The molecule has 0 spiro atoms. The molecule has 2 aromatic rings. The van der Waals surface area contributed by atoms with E-state index in [1.165, 1.54) is 18.3 Å². The number of benzene rings is 1. The maximum atomic E-state index is 11.9. The molecule has 0 fully saturated rings. The summed E-state index contributed by atoms with van der Waals surface area (Å²) in [6.45, 7) is 2.92. The molecule has 2 rings (SSSR count). The van der Waals surface area contributed by atoms with E-state index in [9.17, 15) is 9.59 Å². The summed E-state index contributed by atoms with van der Waals surface area (Å²) >= 11 is 13.4. The topological polar surface area (TPSA) is 49.4 Å². The summed E-state index contributed by atoms with van der Waals surface area (Å²) in [5.41, 5.74) is 0.940. The molecule has 0 atom stereocenters. The minimum atomic E-state index is -0.116. The van der Waals surface area contributed by atoms with E-state index in [2.05, 4.69) is 5.32 Å².